The third-order valence-corrected chi connectivity index (χ3v) is 9.60. The number of hydrogen-bond acceptors (Lipinski definition) is 6. The van der Waals surface area contributed by atoms with E-state index in [2.05, 4.69) is 69.4 Å². The van der Waals surface area contributed by atoms with Crippen LogP contribution in [0.5, 0.6) is 0 Å². The average molecular weight is 867 g/mol. The molecule has 0 saturated heterocycles. The maximum Gasteiger partial charge on any atom is 0.306 e. The zero-order valence-corrected chi connectivity index (χ0v) is 39.8. The van der Waals surface area contributed by atoms with Gasteiger partial charge in [-0.25, -0.2) is 0 Å². The van der Waals surface area contributed by atoms with Gasteiger partial charge in [-0.05, 0) is 77.0 Å². The third kappa shape index (κ3) is 48.2. The zero-order chi connectivity index (χ0) is 45.8. The van der Waals surface area contributed by atoms with Gasteiger partial charge in [-0.1, -0.05) is 224 Å². The van der Waals surface area contributed by atoms with Gasteiger partial charge in [0.05, 0.1) is 0 Å². The van der Waals surface area contributed by atoms with Gasteiger partial charge in [0, 0.05) is 19.3 Å². The molecule has 0 fully saturated rings. The van der Waals surface area contributed by atoms with Gasteiger partial charge in [-0.15, -0.1) is 0 Å². The van der Waals surface area contributed by atoms with Crippen LogP contribution in [0.15, 0.2) is 146 Å². The second kappa shape index (κ2) is 49.9. The van der Waals surface area contributed by atoms with Gasteiger partial charge in [0.2, 0.25) is 0 Å². The summed E-state index contributed by atoms with van der Waals surface area (Å²) in [5.74, 6) is -1.01. The van der Waals surface area contributed by atoms with E-state index in [9.17, 15) is 14.4 Å². The van der Waals surface area contributed by atoms with Crippen molar-refractivity contribution in [1.82, 2.24) is 0 Å². The molecule has 0 N–H and O–H groups in total. The predicted octanol–water partition coefficient (Wildman–Crippen LogP) is 16.1. The van der Waals surface area contributed by atoms with Crippen molar-refractivity contribution in [2.75, 3.05) is 13.2 Å². The quantitative estimate of drug-likeness (QED) is 0.0200. The first kappa shape index (κ1) is 58.3. The van der Waals surface area contributed by atoms with E-state index in [1.807, 2.05) is 97.2 Å². The molecule has 0 aliphatic heterocycles. The second-order valence-corrected chi connectivity index (χ2v) is 15.5. The van der Waals surface area contributed by atoms with Crippen LogP contribution in [0.25, 0.3) is 0 Å². The van der Waals surface area contributed by atoms with Crippen molar-refractivity contribution in [2.45, 2.75) is 181 Å². The molecule has 0 spiro atoms. The first-order valence-electron chi connectivity index (χ1n) is 24.5. The molecule has 0 heterocycles. The minimum atomic E-state index is -0.818. The number of allylic oxidation sites excluding steroid dienone is 24. The number of ether oxygens (including phenoxy) is 3. The Bertz CT molecular complexity index is 1460. The van der Waals surface area contributed by atoms with E-state index in [-0.39, 0.29) is 37.5 Å². The molecule has 0 bridgehead atoms. The highest BCUT2D eigenvalue weighted by Crippen LogP contribution is 2.12. The summed E-state index contributed by atoms with van der Waals surface area (Å²) in [6.07, 6.45) is 71.0. The molecule has 350 valence electrons. The van der Waals surface area contributed by atoms with Crippen LogP contribution in [0.2, 0.25) is 0 Å². The normalized spacial score (nSPS) is 13.4. The van der Waals surface area contributed by atoms with Crippen LogP contribution in [-0.4, -0.2) is 37.2 Å². The number of carbonyl (C=O) groups is 3. The van der Waals surface area contributed by atoms with Gasteiger partial charge >= 0.3 is 17.9 Å². The molecule has 0 amide bonds. The van der Waals surface area contributed by atoms with Crippen LogP contribution in [0.4, 0.5) is 0 Å². The van der Waals surface area contributed by atoms with E-state index in [1.54, 1.807) is 0 Å². The summed E-state index contributed by atoms with van der Waals surface area (Å²) in [7, 11) is 0. The largest absolute Gasteiger partial charge is 0.462 e. The van der Waals surface area contributed by atoms with Crippen LogP contribution < -0.4 is 0 Å². The van der Waals surface area contributed by atoms with E-state index in [0.29, 0.717) is 19.3 Å². The Labute approximate surface area is 385 Å². The second-order valence-electron chi connectivity index (χ2n) is 15.5. The Morgan fingerprint density at radius 2 is 0.635 bits per heavy atom. The molecule has 1 atom stereocenters. The highest BCUT2D eigenvalue weighted by atomic mass is 16.6. The molecule has 0 saturated carbocycles. The lowest BCUT2D eigenvalue weighted by atomic mass is 10.1. The average Bonchev–Trinajstić information content (AvgIpc) is 3.28. The molecule has 0 aromatic heterocycles. The number of esters is 3. The highest BCUT2D eigenvalue weighted by Gasteiger charge is 2.19. The molecule has 0 aliphatic carbocycles. The molecular formula is C57H86O6. The lowest BCUT2D eigenvalue weighted by Gasteiger charge is -2.18. The summed E-state index contributed by atoms with van der Waals surface area (Å²) in [6.45, 7) is 6.21. The fourth-order valence-electron chi connectivity index (χ4n) is 5.94. The van der Waals surface area contributed by atoms with Crippen LogP contribution in [-0.2, 0) is 28.6 Å². The molecule has 0 rings (SSSR count). The maximum atomic E-state index is 12.8. The van der Waals surface area contributed by atoms with Crippen molar-refractivity contribution in [3.63, 3.8) is 0 Å². The molecule has 6 heteroatoms. The minimum Gasteiger partial charge on any atom is -0.462 e. The Hall–Kier alpha value is -4.71. The van der Waals surface area contributed by atoms with Crippen molar-refractivity contribution in [3.8, 4) is 0 Å². The van der Waals surface area contributed by atoms with Crippen molar-refractivity contribution in [2.24, 2.45) is 0 Å². The van der Waals surface area contributed by atoms with Gasteiger partial charge in [0.1, 0.15) is 13.2 Å². The smallest absolute Gasteiger partial charge is 0.306 e. The van der Waals surface area contributed by atoms with Gasteiger partial charge < -0.3 is 14.2 Å². The molecule has 63 heavy (non-hydrogen) atoms. The van der Waals surface area contributed by atoms with Crippen molar-refractivity contribution in [3.05, 3.63) is 146 Å². The lowest BCUT2D eigenvalue weighted by molar-refractivity contribution is -0.167. The monoisotopic (exact) mass is 867 g/mol. The molecular weight excluding hydrogens is 781 g/mol. The highest BCUT2D eigenvalue weighted by molar-refractivity contribution is 5.71. The predicted molar refractivity (Wildman–Crippen MR) is 269 cm³/mol. The Morgan fingerprint density at radius 3 is 1.03 bits per heavy atom. The van der Waals surface area contributed by atoms with Gasteiger partial charge in [0.25, 0.3) is 0 Å². The molecule has 0 aliphatic rings. The van der Waals surface area contributed by atoms with Crippen molar-refractivity contribution < 1.29 is 28.6 Å². The first-order chi connectivity index (χ1) is 31.0. The third-order valence-electron chi connectivity index (χ3n) is 9.60. The topological polar surface area (TPSA) is 78.9 Å². The van der Waals surface area contributed by atoms with E-state index in [1.165, 1.54) is 25.7 Å². The van der Waals surface area contributed by atoms with Gasteiger partial charge in [0.15, 0.2) is 6.10 Å². The van der Waals surface area contributed by atoms with Crippen LogP contribution in [0, 0.1) is 0 Å². The number of rotatable bonds is 41. The Kier molecular flexibility index (Phi) is 46.2. The van der Waals surface area contributed by atoms with Crippen molar-refractivity contribution in [1.29, 1.82) is 0 Å². The fraction of sp³-hybridized carbons (Fsp3) is 0.526. The number of unbranched alkanes of at least 4 members (excludes halogenated alkanes) is 15. The Morgan fingerprint density at radius 1 is 0.333 bits per heavy atom. The SMILES string of the molecule is CC\C=C/C=C\C=C/C=C\C=C\C=C/C=C\CCCCCC(=O)OCC(COC(=O)CCCCCCC/C=C\CCCC)OC(=O)CCCCCCC\C=C/C=C\C=C/C=C\CC. The van der Waals surface area contributed by atoms with Crippen LogP contribution in [0.3, 0.4) is 0 Å². The van der Waals surface area contributed by atoms with E-state index >= 15 is 0 Å². The van der Waals surface area contributed by atoms with E-state index < -0.39 is 6.10 Å². The molecule has 1 unspecified atom stereocenters. The standard InChI is InChI=1S/C57H86O6/c1-4-7-10-13-16-19-22-24-26-27-28-29-31-32-35-38-41-44-47-50-56(59)62-53-54(52-61-55(58)49-46-43-40-37-34-21-18-15-12-9-6-3)63-57(60)51-48-45-42-39-36-33-30-25-23-20-17-14-11-8-5-2/h7-8,10-11,13-20,22-32,35,54H,4-6,9,12,21,33-34,36-53H2,1-3H3/b10-7-,11-8-,16-13-,17-14-,18-15-,22-19-,23-20-,26-24-,28-27+,30-25-,31-29-,35-32-. The molecule has 0 radical (unpaired) electrons. The van der Waals surface area contributed by atoms with Crippen molar-refractivity contribution >= 4 is 17.9 Å². The van der Waals surface area contributed by atoms with E-state index in [4.69, 9.17) is 14.2 Å². The maximum absolute atomic E-state index is 12.8. The minimum absolute atomic E-state index is 0.114. The molecule has 0 aromatic rings. The summed E-state index contributed by atoms with van der Waals surface area (Å²) in [5, 5.41) is 0. The summed E-state index contributed by atoms with van der Waals surface area (Å²) in [4.78, 5) is 37.9. The number of hydrogen-bond donors (Lipinski definition) is 0. The zero-order valence-electron chi connectivity index (χ0n) is 39.8. The fourth-order valence-corrected chi connectivity index (χ4v) is 5.94. The van der Waals surface area contributed by atoms with Crippen LogP contribution >= 0.6 is 0 Å². The summed E-state index contributed by atoms with van der Waals surface area (Å²) in [6, 6.07) is 0. The molecule has 0 aromatic carbocycles. The Balaban J connectivity index is 4.57. The van der Waals surface area contributed by atoms with Crippen LogP contribution in [0.1, 0.15) is 175 Å². The summed E-state index contributed by atoms with van der Waals surface area (Å²) >= 11 is 0. The van der Waals surface area contributed by atoms with Gasteiger partial charge in [-0.3, -0.25) is 14.4 Å². The lowest BCUT2D eigenvalue weighted by Crippen LogP contribution is -2.30. The van der Waals surface area contributed by atoms with Gasteiger partial charge in [-0.2, -0.15) is 0 Å². The first-order valence-corrected chi connectivity index (χ1v) is 24.5. The van der Waals surface area contributed by atoms with E-state index in [0.717, 1.165) is 103 Å². The summed E-state index contributed by atoms with van der Waals surface area (Å²) < 4.78 is 16.7. The summed E-state index contributed by atoms with van der Waals surface area (Å²) in [5.41, 5.74) is 0. The number of carbonyl (C=O) groups excluding carboxylic acids is 3. The molecule has 6 nitrogen and oxygen atoms in total.